The molecule has 1 aliphatic heterocycles. The van der Waals surface area contributed by atoms with Crippen LogP contribution < -0.4 is 0 Å². The quantitative estimate of drug-likeness (QED) is 0.527. The van der Waals surface area contributed by atoms with Crippen LogP contribution in [-0.2, 0) is 6.54 Å². The van der Waals surface area contributed by atoms with Gasteiger partial charge in [-0.2, -0.15) is 0 Å². The van der Waals surface area contributed by atoms with Gasteiger partial charge in [-0.05, 0) is 11.1 Å². The number of nitro benzene ring substituents is 1. The third-order valence-corrected chi connectivity index (χ3v) is 4.47. The van der Waals surface area contributed by atoms with Gasteiger partial charge in [0.1, 0.15) is 0 Å². The minimum absolute atomic E-state index is 0. The van der Waals surface area contributed by atoms with E-state index in [0.717, 1.165) is 44.8 Å². The molecular formula is C20H25Cl2N3O2. The number of benzene rings is 2. The van der Waals surface area contributed by atoms with Crippen LogP contribution in [0.25, 0.3) is 6.08 Å². The van der Waals surface area contributed by atoms with Crippen LogP contribution in [0.15, 0.2) is 60.7 Å². The number of piperazine rings is 1. The largest absolute Gasteiger partial charge is 0.297 e. The molecule has 1 fully saturated rings. The molecule has 0 N–H and O–H groups in total. The summed E-state index contributed by atoms with van der Waals surface area (Å²) >= 11 is 0. The first-order valence-corrected chi connectivity index (χ1v) is 8.60. The van der Waals surface area contributed by atoms with E-state index in [0.29, 0.717) is 0 Å². The molecule has 7 heteroatoms. The van der Waals surface area contributed by atoms with Crippen molar-refractivity contribution in [2.45, 2.75) is 6.54 Å². The van der Waals surface area contributed by atoms with Crippen molar-refractivity contribution >= 4 is 36.6 Å². The van der Waals surface area contributed by atoms with Gasteiger partial charge >= 0.3 is 0 Å². The van der Waals surface area contributed by atoms with Crippen molar-refractivity contribution < 1.29 is 4.92 Å². The van der Waals surface area contributed by atoms with Crippen LogP contribution in [0.5, 0.6) is 0 Å². The van der Waals surface area contributed by atoms with Gasteiger partial charge in [-0.1, -0.05) is 54.6 Å². The lowest BCUT2D eigenvalue weighted by atomic mass is 10.1. The van der Waals surface area contributed by atoms with E-state index in [2.05, 4.69) is 34.1 Å². The Balaban J connectivity index is 0.00000182. The van der Waals surface area contributed by atoms with Gasteiger partial charge in [0.2, 0.25) is 0 Å². The average Bonchev–Trinajstić information content (AvgIpc) is 2.64. The standard InChI is InChI=1S/C20H23N3O2.2ClH/c24-23(25)20-10-4-8-19(16-20)17-22-14-12-21(13-15-22)11-5-9-18-6-2-1-3-7-18;;/h1-10,16H,11-15,17H2;2*1H/b9-5+;;. The third-order valence-electron chi connectivity index (χ3n) is 4.47. The van der Waals surface area contributed by atoms with Crippen LogP contribution in [0.2, 0.25) is 0 Å². The lowest BCUT2D eigenvalue weighted by Crippen LogP contribution is -2.45. The summed E-state index contributed by atoms with van der Waals surface area (Å²) in [6, 6.07) is 17.3. The molecule has 1 saturated heterocycles. The maximum absolute atomic E-state index is 10.9. The fourth-order valence-electron chi connectivity index (χ4n) is 3.06. The Morgan fingerprint density at radius 1 is 0.926 bits per heavy atom. The van der Waals surface area contributed by atoms with Crippen molar-refractivity contribution in [3.63, 3.8) is 0 Å². The van der Waals surface area contributed by atoms with Gasteiger partial charge in [0.25, 0.3) is 5.69 Å². The number of non-ortho nitro benzene ring substituents is 1. The molecule has 0 spiro atoms. The predicted molar refractivity (Wildman–Crippen MR) is 115 cm³/mol. The van der Waals surface area contributed by atoms with Gasteiger partial charge in [0.05, 0.1) is 4.92 Å². The average molecular weight is 410 g/mol. The number of rotatable bonds is 6. The van der Waals surface area contributed by atoms with Gasteiger partial charge in [-0.15, -0.1) is 24.8 Å². The minimum atomic E-state index is -0.333. The Kier molecular flexibility index (Phi) is 10.0. The second kappa shape index (κ2) is 11.7. The summed E-state index contributed by atoms with van der Waals surface area (Å²) in [5.41, 5.74) is 2.40. The number of hydrogen-bond donors (Lipinski definition) is 0. The van der Waals surface area contributed by atoms with E-state index in [1.54, 1.807) is 18.2 Å². The molecule has 2 aromatic carbocycles. The zero-order chi connectivity index (χ0) is 17.5. The van der Waals surface area contributed by atoms with Crippen molar-refractivity contribution in [3.05, 3.63) is 81.9 Å². The second-order valence-electron chi connectivity index (χ2n) is 6.32. The lowest BCUT2D eigenvalue weighted by molar-refractivity contribution is -0.384. The molecule has 0 unspecified atom stereocenters. The smallest absolute Gasteiger partial charge is 0.269 e. The number of nitro groups is 1. The van der Waals surface area contributed by atoms with Crippen LogP contribution in [-0.4, -0.2) is 47.4 Å². The molecule has 2 aromatic rings. The van der Waals surface area contributed by atoms with Gasteiger partial charge in [-0.25, -0.2) is 0 Å². The van der Waals surface area contributed by atoms with Gasteiger partial charge in [-0.3, -0.25) is 19.9 Å². The first-order valence-electron chi connectivity index (χ1n) is 8.60. The van der Waals surface area contributed by atoms with Crippen molar-refractivity contribution in [2.24, 2.45) is 0 Å². The highest BCUT2D eigenvalue weighted by Gasteiger charge is 2.16. The SMILES string of the molecule is Cl.Cl.O=[N+]([O-])c1cccc(CN2CCN(C/C=C/c3ccccc3)CC2)c1. The molecule has 1 aliphatic rings. The topological polar surface area (TPSA) is 49.6 Å². The predicted octanol–water partition coefficient (Wildman–Crippen LogP) is 4.27. The summed E-state index contributed by atoms with van der Waals surface area (Å²) in [5, 5.41) is 10.9. The van der Waals surface area contributed by atoms with Crippen LogP contribution in [0.3, 0.4) is 0 Å². The summed E-state index contributed by atoms with van der Waals surface area (Å²) in [7, 11) is 0. The molecule has 0 aliphatic carbocycles. The van der Waals surface area contributed by atoms with E-state index in [4.69, 9.17) is 0 Å². The molecule has 0 atom stereocenters. The maximum Gasteiger partial charge on any atom is 0.269 e. The van der Waals surface area contributed by atoms with Crippen molar-refractivity contribution in [2.75, 3.05) is 32.7 Å². The molecule has 1 heterocycles. The lowest BCUT2D eigenvalue weighted by Gasteiger charge is -2.34. The van der Waals surface area contributed by atoms with E-state index in [-0.39, 0.29) is 35.4 Å². The van der Waals surface area contributed by atoms with Gasteiger partial charge in [0.15, 0.2) is 0 Å². The Bertz CT molecular complexity index is 733. The van der Waals surface area contributed by atoms with E-state index in [1.807, 2.05) is 24.3 Å². The molecule has 3 rings (SSSR count). The molecule has 0 saturated carbocycles. The monoisotopic (exact) mass is 409 g/mol. The molecule has 0 bridgehead atoms. The molecule has 27 heavy (non-hydrogen) atoms. The van der Waals surface area contributed by atoms with Crippen molar-refractivity contribution in [1.29, 1.82) is 0 Å². The zero-order valence-corrected chi connectivity index (χ0v) is 16.7. The first kappa shape index (κ1) is 23.1. The summed E-state index contributed by atoms with van der Waals surface area (Å²) in [6.07, 6.45) is 4.38. The van der Waals surface area contributed by atoms with Gasteiger partial charge in [0, 0.05) is 51.4 Å². The van der Waals surface area contributed by atoms with Crippen LogP contribution in [0, 0.1) is 10.1 Å². The van der Waals surface area contributed by atoms with Crippen LogP contribution >= 0.6 is 24.8 Å². The number of halogens is 2. The van der Waals surface area contributed by atoms with Crippen LogP contribution in [0.4, 0.5) is 5.69 Å². The molecule has 0 aromatic heterocycles. The Labute approximate surface area is 172 Å². The maximum atomic E-state index is 10.9. The Morgan fingerprint density at radius 3 is 2.26 bits per heavy atom. The number of nitrogens with zero attached hydrogens (tertiary/aromatic N) is 3. The molecule has 146 valence electrons. The Hall–Kier alpha value is -1.92. The van der Waals surface area contributed by atoms with Crippen molar-refractivity contribution in [3.8, 4) is 0 Å². The molecular weight excluding hydrogens is 385 g/mol. The normalized spacial score (nSPS) is 15.1. The highest BCUT2D eigenvalue weighted by atomic mass is 35.5. The highest BCUT2D eigenvalue weighted by Crippen LogP contribution is 2.15. The van der Waals surface area contributed by atoms with E-state index in [9.17, 15) is 10.1 Å². The van der Waals surface area contributed by atoms with Crippen LogP contribution in [0.1, 0.15) is 11.1 Å². The summed E-state index contributed by atoms with van der Waals surface area (Å²) in [4.78, 5) is 15.3. The summed E-state index contributed by atoms with van der Waals surface area (Å²) < 4.78 is 0. The molecule has 0 amide bonds. The van der Waals surface area contributed by atoms with E-state index in [1.165, 1.54) is 5.56 Å². The Morgan fingerprint density at radius 2 is 1.59 bits per heavy atom. The fraction of sp³-hybridized carbons (Fsp3) is 0.300. The molecule has 0 radical (unpaired) electrons. The zero-order valence-electron chi connectivity index (χ0n) is 15.1. The second-order valence-corrected chi connectivity index (χ2v) is 6.32. The van der Waals surface area contributed by atoms with E-state index >= 15 is 0 Å². The van der Waals surface area contributed by atoms with Gasteiger partial charge < -0.3 is 0 Å². The first-order chi connectivity index (χ1) is 12.2. The summed E-state index contributed by atoms with van der Waals surface area (Å²) in [6.45, 7) is 5.75. The van der Waals surface area contributed by atoms with Crippen molar-refractivity contribution in [1.82, 2.24) is 9.80 Å². The highest BCUT2D eigenvalue weighted by molar-refractivity contribution is 5.85. The van der Waals surface area contributed by atoms with E-state index < -0.39 is 0 Å². The minimum Gasteiger partial charge on any atom is -0.297 e. The fourth-order valence-corrected chi connectivity index (χ4v) is 3.06. The molecule has 5 nitrogen and oxygen atoms in total. The number of hydrogen-bond acceptors (Lipinski definition) is 4. The summed E-state index contributed by atoms with van der Waals surface area (Å²) in [5.74, 6) is 0. The third kappa shape index (κ3) is 7.31.